The molecule has 2 heterocycles. The van der Waals surface area contributed by atoms with E-state index in [0.29, 0.717) is 59.6 Å². The van der Waals surface area contributed by atoms with Crippen LogP contribution in [0, 0.1) is 22.7 Å². The first kappa shape index (κ1) is 39.9. The fourth-order valence-corrected chi connectivity index (χ4v) is 7.17. The molecule has 0 N–H and O–H groups in total. The van der Waals surface area contributed by atoms with Crippen LogP contribution in [0.1, 0.15) is 106 Å². The number of ketones is 2. The number of nitrogens with zero attached hydrogens (tertiary/aromatic N) is 3. The van der Waals surface area contributed by atoms with E-state index in [9.17, 15) is 18.0 Å². The molecule has 0 bridgehead atoms. The van der Waals surface area contributed by atoms with Crippen LogP contribution in [0.2, 0.25) is 0 Å². The average Bonchev–Trinajstić information content (AvgIpc) is 3.73. The highest BCUT2D eigenvalue weighted by Gasteiger charge is 2.36. The molecule has 10 nitrogen and oxygen atoms in total. The molecule has 2 aromatic heterocycles. The predicted octanol–water partition coefficient (Wildman–Crippen LogP) is 7.99. The van der Waals surface area contributed by atoms with E-state index < -0.39 is 9.84 Å². The third-order valence-electron chi connectivity index (χ3n) is 9.29. The number of carbonyl (C=O) groups excluding carboxylic acids is 2. The van der Waals surface area contributed by atoms with E-state index in [4.69, 9.17) is 19.0 Å². The van der Waals surface area contributed by atoms with Crippen LogP contribution in [0.5, 0.6) is 5.75 Å². The number of nitriles is 1. The summed E-state index contributed by atoms with van der Waals surface area (Å²) in [6.07, 6.45) is 5.60. The molecule has 7 rings (SSSR count). The molecular formula is C43H47N3O7S. The third kappa shape index (κ3) is 10.6. The molecule has 0 saturated carbocycles. The predicted molar refractivity (Wildman–Crippen MR) is 205 cm³/mol. The van der Waals surface area contributed by atoms with Gasteiger partial charge in [-0.2, -0.15) is 5.26 Å². The van der Waals surface area contributed by atoms with E-state index in [0.717, 1.165) is 41.8 Å². The van der Waals surface area contributed by atoms with Gasteiger partial charge in [-0.1, -0.05) is 92.6 Å². The average molecular weight is 750 g/mol. The highest BCUT2D eigenvalue weighted by molar-refractivity contribution is 7.90. The van der Waals surface area contributed by atoms with Crippen LogP contribution in [0.25, 0.3) is 0 Å². The largest absolute Gasteiger partial charge is 0.493 e. The number of ether oxygens (including phenoxy) is 1. The van der Waals surface area contributed by atoms with Gasteiger partial charge in [0.1, 0.15) is 12.4 Å². The van der Waals surface area contributed by atoms with Crippen molar-refractivity contribution in [3.63, 3.8) is 0 Å². The van der Waals surface area contributed by atoms with Gasteiger partial charge in [-0.25, -0.2) is 8.42 Å². The minimum absolute atomic E-state index is 0.0165. The molecule has 3 aromatic carbocycles. The highest BCUT2D eigenvalue weighted by Crippen LogP contribution is 2.36. The number of carbonyl (C=O) groups is 2. The summed E-state index contributed by atoms with van der Waals surface area (Å²) in [7, 11) is -3.04. The van der Waals surface area contributed by atoms with E-state index in [2.05, 4.69) is 42.4 Å². The van der Waals surface area contributed by atoms with Crippen molar-refractivity contribution in [3.8, 4) is 11.8 Å². The zero-order valence-corrected chi connectivity index (χ0v) is 32.4. The Morgan fingerprint density at radius 2 is 1.35 bits per heavy atom. The summed E-state index contributed by atoms with van der Waals surface area (Å²) in [6, 6.07) is 27.0. The number of fused-ring (bicyclic) bond motifs is 2. The summed E-state index contributed by atoms with van der Waals surface area (Å²) < 4.78 is 38.6. The zero-order valence-electron chi connectivity index (χ0n) is 31.6. The standard InChI is InChI=1S/C22H18N2O2.C19H23NO5S.C2H6/c23-14-17-8-6-16(7-9-17)13-21-22-19(24-26-21)11-18(12-20(22)25)10-15-4-2-1-3-5-15;1-19(2)11-15-18(16(21)12-19)17(25-20-15)10-13-4-6-14(7-5-13)24-8-9-26(3,22)23;1-2/h1-9,18H,10-13H2;4-7H,8-12H2,1-3H3;1-2H3. The normalized spacial score (nSPS) is 15.7. The lowest BCUT2D eigenvalue weighted by Crippen LogP contribution is -2.27. The Morgan fingerprint density at radius 3 is 1.94 bits per heavy atom. The zero-order chi connectivity index (χ0) is 38.9. The molecule has 0 amide bonds. The topological polar surface area (TPSA) is 153 Å². The molecule has 0 saturated heterocycles. The lowest BCUT2D eigenvalue weighted by Gasteiger charge is -2.26. The molecule has 282 valence electrons. The van der Waals surface area contributed by atoms with Crippen LogP contribution in [0.15, 0.2) is 87.9 Å². The minimum Gasteiger partial charge on any atom is -0.493 e. The molecule has 0 aliphatic heterocycles. The molecule has 54 heavy (non-hydrogen) atoms. The van der Waals surface area contributed by atoms with Crippen LogP contribution in [0.4, 0.5) is 0 Å². The smallest absolute Gasteiger partial charge is 0.168 e. The minimum atomic E-state index is -3.04. The Labute approximate surface area is 317 Å². The summed E-state index contributed by atoms with van der Waals surface area (Å²) in [4.78, 5) is 25.2. The molecule has 1 atom stereocenters. The van der Waals surface area contributed by atoms with Crippen molar-refractivity contribution in [2.75, 3.05) is 18.6 Å². The molecule has 2 aliphatic rings. The van der Waals surface area contributed by atoms with Crippen molar-refractivity contribution < 1.29 is 31.8 Å². The summed E-state index contributed by atoms with van der Waals surface area (Å²) in [5.74, 6) is 2.31. The van der Waals surface area contributed by atoms with Crippen molar-refractivity contribution >= 4 is 21.4 Å². The summed E-state index contributed by atoms with van der Waals surface area (Å²) in [5, 5.41) is 17.2. The first-order valence-corrected chi connectivity index (χ1v) is 20.4. The van der Waals surface area contributed by atoms with Gasteiger partial charge in [0.15, 0.2) is 32.9 Å². The van der Waals surface area contributed by atoms with Gasteiger partial charge in [0.2, 0.25) is 0 Å². The maximum Gasteiger partial charge on any atom is 0.168 e. The molecule has 0 spiro atoms. The maximum absolute atomic E-state index is 12.7. The van der Waals surface area contributed by atoms with E-state index in [1.54, 1.807) is 24.3 Å². The Bertz CT molecular complexity index is 2200. The third-order valence-corrected chi connectivity index (χ3v) is 10.2. The number of hydrogen-bond acceptors (Lipinski definition) is 10. The molecule has 2 aliphatic carbocycles. The second-order valence-corrected chi connectivity index (χ2v) is 16.7. The number of benzene rings is 3. The molecule has 5 aromatic rings. The maximum atomic E-state index is 12.7. The monoisotopic (exact) mass is 749 g/mol. The van der Waals surface area contributed by atoms with Gasteiger partial charge < -0.3 is 13.8 Å². The molecule has 11 heteroatoms. The number of rotatable bonds is 10. The van der Waals surface area contributed by atoms with E-state index in [-0.39, 0.29) is 35.3 Å². The van der Waals surface area contributed by atoms with E-state index in [1.165, 1.54) is 11.8 Å². The fourth-order valence-electron chi connectivity index (χ4n) is 6.78. The first-order chi connectivity index (χ1) is 25.9. The van der Waals surface area contributed by atoms with Gasteiger partial charge in [0.05, 0.1) is 39.9 Å². The second-order valence-electron chi connectivity index (χ2n) is 14.5. The SMILES string of the molecule is CC.CC1(C)CC(=O)c2c(noc2Cc2ccc(OCCS(C)(=O)=O)cc2)C1.N#Cc1ccc(Cc2onc3c2C(=O)CC(Cc2ccccc2)C3)cc1. The number of Topliss-reactive ketones (excluding diaryl/α,β-unsaturated/α-hetero) is 2. The van der Waals surface area contributed by atoms with Crippen molar-refractivity contribution in [1.29, 1.82) is 5.26 Å². The Balaban J connectivity index is 0.000000199. The highest BCUT2D eigenvalue weighted by atomic mass is 32.2. The lowest BCUT2D eigenvalue weighted by atomic mass is 9.75. The molecular weight excluding hydrogens is 703 g/mol. The number of sulfone groups is 1. The van der Waals surface area contributed by atoms with Gasteiger partial charge in [-0.05, 0) is 71.6 Å². The van der Waals surface area contributed by atoms with Gasteiger partial charge >= 0.3 is 0 Å². The van der Waals surface area contributed by atoms with Crippen LogP contribution in [-0.4, -0.2) is 48.9 Å². The van der Waals surface area contributed by atoms with Gasteiger partial charge in [0.25, 0.3) is 0 Å². The summed E-state index contributed by atoms with van der Waals surface area (Å²) in [6.45, 7) is 8.24. The van der Waals surface area contributed by atoms with Crippen molar-refractivity contribution in [2.24, 2.45) is 11.3 Å². The Kier molecular flexibility index (Phi) is 13.0. The second kappa shape index (κ2) is 17.7. The van der Waals surface area contributed by atoms with Crippen LogP contribution < -0.4 is 4.74 Å². The van der Waals surface area contributed by atoms with Crippen molar-refractivity contribution in [3.05, 3.63) is 135 Å². The van der Waals surface area contributed by atoms with Crippen LogP contribution in [-0.2, 0) is 41.9 Å². The Morgan fingerprint density at radius 1 is 0.778 bits per heavy atom. The fraction of sp³-hybridized carbons (Fsp3) is 0.372. The first-order valence-electron chi connectivity index (χ1n) is 18.3. The molecule has 1 unspecified atom stereocenters. The van der Waals surface area contributed by atoms with Crippen LogP contribution >= 0.6 is 0 Å². The van der Waals surface area contributed by atoms with Crippen LogP contribution in [0.3, 0.4) is 0 Å². The quantitative estimate of drug-likeness (QED) is 0.137. The van der Waals surface area contributed by atoms with Crippen molar-refractivity contribution in [1.82, 2.24) is 10.3 Å². The van der Waals surface area contributed by atoms with Gasteiger partial charge in [-0.3, -0.25) is 9.59 Å². The molecule has 0 radical (unpaired) electrons. The Hall–Kier alpha value is -5.34. The lowest BCUT2D eigenvalue weighted by molar-refractivity contribution is 0.0908. The van der Waals surface area contributed by atoms with Gasteiger partial charge in [0, 0.05) is 31.9 Å². The van der Waals surface area contributed by atoms with E-state index in [1.807, 2.05) is 56.3 Å². The summed E-state index contributed by atoms with van der Waals surface area (Å²) in [5.41, 5.74) is 6.59. The molecule has 0 fully saturated rings. The van der Waals surface area contributed by atoms with Gasteiger partial charge in [-0.15, -0.1) is 0 Å². The summed E-state index contributed by atoms with van der Waals surface area (Å²) >= 11 is 0. The number of aromatic nitrogens is 2. The number of hydrogen-bond donors (Lipinski definition) is 0. The van der Waals surface area contributed by atoms with E-state index >= 15 is 0 Å². The van der Waals surface area contributed by atoms with Crippen molar-refractivity contribution in [2.45, 2.75) is 72.6 Å².